The number of H-pyrrole nitrogens is 1. The molecule has 0 fully saturated rings. The van der Waals surface area contributed by atoms with Crippen LogP contribution in [0, 0.1) is 6.92 Å². The van der Waals surface area contributed by atoms with E-state index in [1.807, 2.05) is 13.0 Å². The van der Waals surface area contributed by atoms with E-state index in [-0.39, 0.29) is 18.4 Å². The molecule has 0 aliphatic rings. The van der Waals surface area contributed by atoms with E-state index in [4.69, 9.17) is 0 Å². The Morgan fingerprint density at radius 1 is 1.32 bits per heavy atom. The maximum Gasteiger partial charge on any atom is 0.261 e. The number of nitrogens with one attached hydrogen (secondary N) is 3. The highest BCUT2D eigenvalue weighted by molar-refractivity contribution is 7.13. The third-order valence-electron chi connectivity index (χ3n) is 2.41. The second-order valence-corrected chi connectivity index (χ2v) is 5.24. The molecular weight excluding hydrogens is 264 g/mol. The molecule has 0 aromatic carbocycles. The van der Waals surface area contributed by atoms with Crippen LogP contribution in [0.15, 0.2) is 24.4 Å². The minimum Gasteiger partial charge on any atom is -0.349 e. The Hall–Kier alpha value is -2.15. The van der Waals surface area contributed by atoms with Crippen molar-refractivity contribution >= 4 is 23.2 Å². The molecule has 6 nitrogen and oxygen atoms in total. The number of carbonyl (C=O) groups is 2. The molecule has 100 valence electrons. The van der Waals surface area contributed by atoms with Crippen molar-refractivity contribution < 1.29 is 9.59 Å². The minimum absolute atomic E-state index is 0.0378. The second kappa shape index (κ2) is 6.14. The van der Waals surface area contributed by atoms with Crippen LogP contribution >= 0.6 is 11.3 Å². The highest BCUT2D eigenvalue weighted by atomic mass is 32.1. The molecule has 2 rings (SSSR count). The van der Waals surface area contributed by atoms with E-state index >= 15 is 0 Å². The first-order valence-corrected chi connectivity index (χ1v) is 6.56. The maximum atomic E-state index is 11.7. The van der Waals surface area contributed by atoms with E-state index in [2.05, 4.69) is 20.8 Å². The van der Waals surface area contributed by atoms with Gasteiger partial charge in [0.2, 0.25) is 5.91 Å². The van der Waals surface area contributed by atoms with Gasteiger partial charge < -0.3 is 10.6 Å². The molecule has 0 aliphatic heterocycles. The summed E-state index contributed by atoms with van der Waals surface area (Å²) >= 11 is 1.40. The van der Waals surface area contributed by atoms with Crippen molar-refractivity contribution in [1.82, 2.24) is 20.8 Å². The summed E-state index contributed by atoms with van der Waals surface area (Å²) in [6, 6.07) is 5.39. The summed E-state index contributed by atoms with van der Waals surface area (Å²) in [4.78, 5) is 24.9. The normalized spacial score (nSPS) is 10.2. The molecule has 2 heterocycles. The van der Waals surface area contributed by atoms with Gasteiger partial charge in [0.05, 0.1) is 23.7 Å². The number of rotatable bonds is 5. The molecular formula is C12H14N4O2S. The average Bonchev–Trinajstić information content (AvgIpc) is 3.04. The van der Waals surface area contributed by atoms with Crippen molar-refractivity contribution in [1.29, 1.82) is 0 Å². The van der Waals surface area contributed by atoms with E-state index < -0.39 is 0 Å². The number of aromatic amines is 1. The second-order valence-electron chi connectivity index (χ2n) is 3.95. The molecule has 0 saturated carbocycles. The molecule has 0 aliphatic carbocycles. The van der Waals surface area contributed by atoms with Crippen LogP contribution in [0.5, 0.6) is 0 Å². The van der Waals surface area contributed by atoms with E-state index in [1.54, 1.807) is 18.3 Å². The molecule has 7 heteroatoms. The number of amides is 2. The van der Waals surface area contributed by atoms with Crippen molar-refractivity contribution in [3.63, 3.8) is 0 Å². The fraction of sp³-hybridized carbons (Fsp3) is 0.250. The Morgan fingerprint density at radius 3 is 2.79 bits per heavy atom. The fourth-order valence-electron chi connectivity index (χ4n) is 1.44. The Bertz CT molecular complexity index is 562. The number of aromatic nitrogens is 2. The molecule has 0 spiro atoms. The molecule has 0 bridgehead atoms. The fourth-order valence-corrected chi connectivity index (χ4v) is 2.23. The Kier molecular flexibility index (Phi) is 4.30. The third-order valence-corrected chi connectivity index (χ3v) is 3.41. The van der Waals surface area contributed by atoms with Crippen LogP contribution in [0.3, 0.4) is 0 Å². The number of carbonyl (C=O) groups excluding carboxylic acids is 2. The van der Waals surface area contributed by atoms with Gasteiger partial charge in [0, 0.05) is 11.1 Å². The molecule has 2 aromatic heterocycles. The highest BCUT2D eigenvalue weighted by Crippen LogP contribution is 2.14. The van der Waals surface area contributed by atoms with E-state index in [1.165, 1.54) is 11.3 Å². The number of hydrogen-bond acceptors (Lipinski definition) is 4. The Labute approximate surface area is 114 Å². The van der Waals surface area contributed by atoms with Crippen LogP contribution in [0.4, 0.5) is 0 Å². The van der Waals surface area contributed by atoms with Crippen LogP contribution in [0.2, 0.25) is 0 Å². The highest BCUT2D eigenvalue weighted by Gasteiger charge is 2.09. The lowest BCUT2D eigenvalue weighted by molar-refractivity contribution is -0.120. The summed E-state index contributed by atoms with van der Waals surface area (Å²) < 4.78 is 0. The van der Waals surface area contributed by atoms with Gasteiger partial charge >= 0.3 is 0 Å². The van der Waals surface area contributed by atoms with Gasteiger partial charge in [-0.25, -0.2) is 0 Å². The van der Waals surface area contributed by atoms with Crippen molar-refractivity contribution in [2.45, 2.75) is 13.5 Å². The van der Waals surface area contributed by atoms with Gasteiger partial charge in [-0.3, -0.25) is 14.7 Å². The lowest BCUT2D eigenvalue weighted by Gasteiger charge is -2.04. The number of thiophene rings is 1. The summed E-state index contributed by atoms with van der Waals surface area (Å²) in [5.41, 5.74) is 0.813. The zero-order chi connectivity index (χ0) is 13.7. The monoisotopic (exact) mass is 278 g/mol. The van der Waals surface area contributed by atoms with Crippen LogP contribution in [0.1, 0.15) is 20.2 Å². The number of aryl methyl sites for hydroxylation is 1. The van der Waals surface area contributed by atoms with Crippen molar-refractivity contribution in [2.24, 2.45) is 0 Å². The van der Waals surface area contributed by atoms with E-state index in [0.717, 1.165) is 10.6 Å². The topological polar surface area (TPSA) is 86.9 Å². The summed E-state index contributed by atoms with van der Waals surface area (Å²) in [5, 5.41) is 11.8. The standard InChI is InChI=1S/C12H14N4O2S/c1-8-2-3-10(19-8)12(18)14-7-11(17)13-6-9-4-5-15-16-9/h2-5H,6-7H2,1H3,(H,13,17)(H,14,18)(H,15,16). The van der Waals surface area contributed by atoms with Gasteiger partial charge in [0.25, 0.3) is 5.91 Å². The van der Waals surface area contributed by atoms with E-state index in [0.29, 0.717) is 11.4 Å². The molecule has 19 heavy (non-hydrogen) atoms. The number of hydrogen-bond donors (Lipinski definition) is 3. The van der Waals surface area contributed by atoms with Crippen LogP contribution in [-0.4, -0.2) is 28.6 Å². The first-order chi connectivity index (χ1) is 9.15. The van der Waals surface area contributed by atoms with Crippen LogP contribution in [0.25, 0.3) is 0 Å². The summed E-state index contributed by atoms with van der Waals surface area (Å²) in [5.74, 6) is -0.467. The maximum absolute atomic E-state index is 11.7. The molecule has 0 radical (unpaired) electrons. The first kappa shape index (κ1) is 13.3. The lowest BCUT2D eigenvalue weighted by Crippen LogP contribution is -2.36. The first-order valence-electron chi connectivity index (χ1n) is 5.75. The third kappa shape index (κ3) is 3.92. The number of nitrogens with zero attached hydrogens (tertiary/aromatic N) is 1. The Morgan fingerprint density at radius 2 is 2.16 bits per heavy atom. The molecule has 0 unspecified atom stereocenters. The van der Waals surface area contributed by atoms with Crippen molar-refractivity contribution in [3.8, 4) is 0 Å². The molecule has 0 saturated heterocycles. The van der Waals surface area contributed by atoms with Gasteiger partial charge in [0.15, 0.2) is 0 Å². The smallest absolute Gasteiger partial charge is 0.261 e. The predicted octanol–water partition coefficient (Wildman–Crippen LogP) is 0.826. The van der Waals surface area contributed by atoms with Gasteiger partial charge in [-0.15, -0.1) is 11.3 Å². The average molecular weight is 278 g/mol. The minimum atomic E-state index is -0.240. The molecule has 2 amide bonds. The van der Waals surface area contributed by atoms with Gasteiger partial charge in [-0.05, 0) is 25.1 Å². The predicted molar refractivity (Wildman–Crippen MR) is 71.8 cm³/mol. The molecule has 3 N–H and O–H groups in total. The summed E-state index contributed by atoms with van der Waals surface area (Å²) in [6.07, 6.45) is 1.61. The van der Waals surface area contributed by atoms with Crippen molar-refractivity contribution in [2.75, 3.05) is 6.54 Å². The Balaban J connectivity index is 1.73. The molecule has 0 atom stereocenters. The largest absolute Gasteiger partial charge is 0.349 e. The zero-order valence-electron chi connectivity index (χ0n) is 10.4. The summed E-state index contributed by atoms with van der Waals surface area (Å²) in [7, 11) is 0. The van der Waals surface area contributed by atoms with Gasteiger partial charge in [0.1, 0.15) is 0 Å². The van der Waals surface area contributed by atoms with Gasteiger partial charge in [-0.2, -0.15) is 5.10 Å². The SMILES string of the molecule is Cc1ccc(C(=O)NCC(=O)NCc2ccn[nH]2)s1. The van der Waals surface area contributed by atoms with Crippen molar-refractivity contribution in [3.05, 3.63) is 39.8 Å². The zero-order valence-corrected chi connectivity index (χ0v) is 11.2. The lowest BCUT2D eigenvalue weighted by atomic mass is 10.4. The summed E-state index contributed by atoms with van der Waals surface area (Å²) in [6.45, 7) is 2.26. The quantitative estimate of drug-likeness (QED) is 0.757. The van der Waals surface area contributed by atoms with Crippen LogP contribution in [-0.2, 0) is 11.3 Å². The van der Waals surface area contributed by atoms with E-state index in [9.17, 15) is 9.59 Å². The van der Waals surface area contributed by atoms with Crippen LogP contribution < -0.4 is 10.6 Å². The van der Waals surface area contributed by atoms with Gasteiger partial charge in [-0.1, -0.05) is 0 Å². The molecule has 2 aromatic rings.